The fourth-order valence-electron chi connectivity index (χ4n) is 1.42. The summed E-state index contributed by atoms with van der Waals surface area (Å²) >= 11 is 0. The molecule has 0 fully saturated rings. The van der Waals surface area contributed by atoms with Gasteiger partial charge in [0.05, 0.1) is 26.4 Å². The normalized spacial score (nSPS) is 12.0. The number of aliphatic hydroxyl groups is 1. The molecule has 1 aromatic rings. The fourth-order valence-corrected chi connectivity index (χ4v) is 1.42. The van der Waals surface area contributed by atoms with Gasteiger partial charge in [0.2, 0.25) is 0 Å². The van der Waals surface area contributed by atoms with Crippen molar-refractivity contribution in [1.29, 1.82) is 0 Å². The molecule has 0 aliphatic rings. The summed E-state index contributed by atoms with van der Waals surface area (Å²) < 4.78 is 14.8. The van der Waals surface area contributed by atoms with Crippen LogP contribution in [0.2, 0.25) is 0 Å². The Morgan fingerprint density at radius 2 is 2.00 bits per heavy atom. The number of ether oxygens (including phenoxy) is 3. The van der Waals surface area contributed by atoms with E-state index in [1.54, 1.807) is 18.2 Å². The van der Waals surface area contributed by atoms with E-state index < -0.39 is 11.9 Å². The second kappa shape index (κ2) is 6.22. The van der Waals surface area contributed by atoms with Gasteiger partial charge in [-0.1, -0.05) is 0 Å². The van der Waals surface area contributed by atoms with E-state index in [1.807, 2.05) is 0 Å². The van der Waals surface area contributed by atoms with Crippen LogP contribution in [0.4, 0.5) is 0 Å². The molecule has 1 atom stereocenters. The lowest BCUT2D eigenvalue weighted by Gasteiger charge is -2.12. The average molecular weight is 240 g/mol. The van der Waals surface area contributed by atoms with Crippen molar-refractivity contribution in [2.24, 2.45) is 0 Å². The van der Waals surface area contributed by atoms with Crippen molar-refractivity contribution >= 4 is 5.78 Å². The monoisotopic (exact) mass is 240 g/mol. The Balaban J connectivity index is 3.00. The lowest BCUT2D eigenvalue weighted by molar-refractivity contribution is 0.0473. The van der Waals surface area contributed by atoms with Gasteiger partial charge in [-0.2, -0.15) is 0 Å². The highest BCUT2D eigenvalue weighted by Crippen LogP contribution is 2.25. The molecule has 94 valence electrons. The molecule has 0 aliphatic carbocycles. The van der Waals surface area contributed by atoms with E-state index in [2.05, 4.69) is 0 Å². The Labute approximate surface area is 99.9 Å². The maximum atomic E-state index is 11.9. The van der Waals surface area contributed by atoms with Crippen LogP contribution in [0.5, 0.6) is 11.5 Å². The topological polar surface area (TPSA) is 65.0 Å². The second-order valence-corrected chi connectivity index (χ2v) is 3.40. The Hall–Kier alpha value is -1.59. The van der Waals surface area contributed by atoms with Gasteiger partial charge < -0.3 is 19.3 Å². The van der Waals surface area contributed by atoms with E-state index in [4.69, 9.17) is 14.2 Å². The molecule has 0 amide bonds. The lowest BCUT2D eigenvalue weighted by Crippen LogP contribution is -2.25. The van der Waals surface area contributed by atoms with Gasteiger partial charge in [-0.25, -0.2) is 0 Å². The minimum absolute atomic E-state index is 0.0476. The molecule has 1 aromatic carbocycles. The van der Waals surface area contributed by atoms with Crippen LogP contribution in [0.25, 0.3) is 0 Å². The van der Waals surface area contributed by atoms with E-state index in [1.165, 1.54) is 21.3 Å². The van der Waals surface area contributed by atoms with E-state index in [-0.39, 0.29) is 6.61 Å². The first-order valence-electron chi connectivity index (χ1n) is 5.07. The number of carbonyl (C=O) groups excluding carboxylic acids is 1. The first-order valence-corrected chi connectivity index (χ1v) is 5.07. The van der Waals surface area contributed by atoms with Gasteiger partial charge in [0.1, 0.15) is 17.6 Å². The van der Waals surface area contributed by atoms with Gasteiger partial charge in [0, 0.05) is 13.2 Å². The molecular formula is C12H16O5. The molecule has 1 unspecified atom stereocenters. The van der Waals surface area contributed by atoms with Gasteiger partial charge in [0.25, 0.3) is 0 Å². The number of rotatable bonds is 6. The van der Waals surface area contributed by atoms with E-state index in [0.29, 0.717) is 17.1 Å². The Bertz CT molecular complexity index is 388. The zero-order valence-corrected chi connectivity index (χ0v) is 10.1. The Kier molecular flexibility index (Phi) is 4.93. The van der Waals surface area contributed by atoms with E-state index >= 15 is 0 Å². The zero-order valence-electron chi connectivity index (χ0n) is 10.1. The molecule has 0 bridgehead atoms. The summed E-state index contributed by atoms with van der Waals surface area (Å²) in [7, 11) is 4.39. The highest BCUT2D eigenvalue weighted by Gasteiger charge is 2.21. The molecule has 5 nitrogen and oxygen atoms in total. The van der Waals surface area contributed by atoms with Crippen LogP contribution < -0.4 is 9.47 Å². The summed E-state index contributed by atoms with van der Waals surface area (Å²) in [6.45, 7) is -0.0476. The number of methoxy groups -OCH3 is 3. The van der Waals surface area contributed by atoms with Crippen molar-refractivity contribution in [3.05, 3.63) is 23.8 Å². The number of carbonyl (C=O) groups is 1. The third kappa shape index (κ3) is 3.18. The van der Waals surface area contributed by atoms with Gasteiger partial charge in [0.15, 0.2) is 5.78 Å². The quantitative estimate of drug-likeness (QED) is 0.748. The van der Waals surface area contributed by atoms with Gasteiger partial charge >= 0.3 is 0 Å². The van der Waals surface area contributed by atoms with E-state index in [0.717, 1.165) is 0 Å². The van der Waals surface area contributed by atoms with Crippen molar-refractivity contribution in [2.75, 3.05) is 27.9 Å². The minimum atomic E-state index is -1.19. The van der Waals surface area contributed by atoms with Crippen molar-refractivity contribution in [3.63, 3.8) is 0 Å². The van der Waals surface area contributed by atoms with Crippen LogP contribution in [0.1, 0.15) is 10.4 Å². The zero-order chi connectivity index (χ0) is 12.8. The standard InChI is InChI=1S/C12H16O5/c1-15-7-10(13)12(14)9-5-4-8(16-2)6-11(9)17-3/h4-6,10,13H,7H2,1-3H3. The fraction of sp³-hybridized carbons (Fsp3) is 0.417. The predicted octanol–water partition coefficient (Wildman–Crippen LogP) is 0.894. The molecule has 1 rings (SSSR count). The predicted molar refractivity (Wildman–Crippen MR) is 61.8 cm³/mol. The van der Waals surface area contributed by atoms with Gasteiger partial charge in [-0.05, 0) is 12.1 Å². The van der Waals surface area contributed by atoms with Crippen LogP contribution in [0.15, 0.2) is 18.2 Å². The first-order chi connectivity index (χ1) is 8.13. The second-order valence-electron chi connectivity index (χ2n) is 3.40. The summed E-state index contributed by atoms with van der Waals surface area (Å²) in [6.07, 6.45) is -1.19. The minimum Gasteiger partial charge on any atom is -0.497 e. The number of aliphatic hydroxyl groups excluding tert-OH is 1. The maximum Gasteiger partial charge on any atom is 0.197 e. The van der Waals surface area contributed by atoms with Gasteiger partial charge in [-0.15, -0.1) is 0 Å². The van der Waals surface area contributed by atoms with E-state index in [9.17, 15) is 9.90 Å². The molecule has 1 N–H and O–H groups in total. The van der Waals surface area contributed by atoms with Crippen LogP contribution >= 0.6 is 0 Å². The van der Waals surface area contributed by atoms with Crippen molar-refractivity contribution in [3.8, 4) is 11.5 Å². The number of ketones is 1. The summed E-state index contributed by atoms with van der Waals surface area (Å²) in [5, 5.41) is 9.56. The molecule has 0 radical (unpaired) electrons. The number of hydrogen-bond acceptors (Lipinski definition) is 5. The molecule has 0 heterocycles. The number of benzene rings is 1. The summed E-state index contributed by atoms with van der Waals surface area (Å²) in [5.74, 6) is 0.510. The molecule has 5 heteroatoms. The largest absolute Gasteiger partial charge is 0.497 e. The highest BCUT2D eigenvalue weighted by molar-refractivity contribution is 6.01. The number of hydrogen-bond donors (Lipinski definition) is 1. The van der Waals surface area contributed by atoms with Crippen LogP contribution in [0.3, 0.4) is 0 Å². The van der Waals surface area contributed by atoms with Crippen molar-refractivity contribution in [2.45, 2.75) is 6.10 Å². The average Bonchev–Trinajstić information content (AvgIpc) is 2.37. The van der Waals surface area contributed by atoms with Crippen molar-refractivity contribution in [1.82, 2.24) is 0 Å². The summed E-state index contributed by atoms with van der Waals surface area (Å²) in [5.41, 5.74) is 0.304. The third-order valence-corrected chi connectivity index (χ3v) is 2.30. The summed E-state index contributed by atoms with van der Waals surface area (Å²) in [4.78, 5) is 11.9. The van der Waals surface area contributed by atoms with Crippen LogP contribution in [-0.2, 0) is 4.74 Å². The molecule has 0 saturated heterocycles. The third-order valence-electron chi connectivity index (χ3n) is 2.30. The Morgan fingerprint density at radius 1 is 1.29 bits per heavy atom. The highest BCUT2D eigenvalue weighted by atomic mass is 16.5. The van der Waals surface area contributed by atoms with Crippen LogP contribution in [-0.4, -0.2) is 44.9 Å². The molecule has 0 spiro atoms. The molecule has 0 saturated carbocycles. The smallest absolute Gasteiger partial charge is 0.197 e. The Morgan fingerprint density at radius 3 is 2.53 bits per heavy atom. The molecule has 17 heavy (non-hydrogen) atoms. The maximum absolute atomic E-state index is 11.9. The summed E-state index contributed by atoms with van der Waals surface area (Å²) in [6, 6.07) is 4.78. The molecule has 0 aliphatic heterocycles. The van der Waals surface area contributed by atoms with Crippen molar-refractivity contribution < 1.29 is 24.1 Å². The lowest BCUT2D eigenvalue weighted by atomic mass is 10.1. The van der Waals surface area contributed by atoms with Gasteiger partial charge in [-0.3, -0.25) is 4.79 Å². The molecule has 0 aromatic heterocycles. The molecular weight excluding hydrogens is 224 g/mol. The SMILES string of the molecule is COCC(O)C(=O)c1ccc(OC)cc1OC. The van der Waals surface area contributed by atoms with Crippen LogP contribution in [0, 0.1) is 0 Å². The number of Topliss-reactive ketones (excluding diaryl/α,β-unsaturated/α-hetero) is 1. The first kappa shape index (κ1) is 13.5.